The summed E-state index contributed by atoms with van der Waals surface area (Å²) in [7, 11) is 0. The zero-order chi connectivity index (χ0) is 14.7. The number of rotatable bonds is 6. The normalized spacial score (nSPS) is 15.7. The maximum Gasteiger partial charge on any atom is 0.124 e. The topological polar surface area (TPSA) is 35.2 Å². The molecule has 110 valence electrons. The van der Waals surface area contributed by atoms with Gasteiger partial charge in [0.15, 0.2) is 0 Å². The van der Waals surface area contributed by atoms with E-state index in [1.807, 2.05) is 30.3 Å². The Kier molecular flexibility index (Phi) is 4.46. The number of halogens is 1. The number of ether oxygens (including phenoxy) is 1. The van der Waals surface area contributed by atoms with Gasteiger partial charge in [-0.25, -0.2) is 4.39 Å². The highest BCUT2D eigenvalue weighted by atomic mass is 32.2. The molecule has 0 saturated heterocycles. The zero-order valence-corrected chi connectivity index (χ0v) is 12.5. The molecule has 1 saturated carbocycles. The highest BCUT2D eigenvalue weighted by molar-refractivity contribution is 7.99. The first-order valence-electron chi connectivity index (χ1n) is 7.11. The molecule has 1 unspecified atom stereocenters. The number of nitrogens with two attached hydrogens (primary N) is 1. The summed E-state index contributed by atoms with van der Waals surface area (Å²) >= 11 is 1.57. The maximum absolute atomic E-state index is 13.1. The van der Waals surface area contributed by atoms with Crippen LogP contribution in [0.25, 0.3) is 0 Å². The van der Waals surface area contributed by atoms with Crippen LogP contribution in [-0.2, 0) is 0 Å². The van der Waals surface area contributed by atoms with Gasteiger partial charge in [-0.1, -0.05) is 18.2 Å². The molecule has 4 heteroatoms. The van der Waals surface area contributed by atoms with E-state index in [1.54, 1.807) is 17.8 Å². The summed E-state index contributed by atoms with van der Waals surface area (Å²) in [5.74, 6) is 1.41. The molecule has 0 spiro atoms. The van der Waals surface area contributed by atoms with Gasteiger partial charge in [-0.05, 0) is 48.7 Å². The standard InChI is InChI=1S/C17H18FNOS/c18-13-2-1-3-16(10-13)21-11-17(19)12-4-6-14(7-5-12)20-15-8-9-15/h1-7,10,15,17H,8-9,11,19H2. The van der Waals surface area contributed by atoms with Gasteiger partial charge in [0.1, 0.15) is 11.6 Å². The summed E-state index contributed by atoms with van der Waals surface area (Å²) < 4.78 is 18.8. The lowest BCUT2D eigenvalue weighted by Gasteiger charge is -2.13. The molecule has 1 fully saturated rings. The lowest BCUT2D eigenvalue weighted by molar-refractivity contribution is 0.303. The van der Waals surface area contributed by atoms with Crippen LogP contribution in [0.5, 0.6) is 5.75 Å². The van der Waals surface area contributed by atoms with Crippen LogP contribution < -0.4 is 10.5 Å². The Bertz CT molecular complexity index is 598. The van der Waals surface area contributed by atoms with Gasteiger partial charge >= 0.3 is 0 Å². The fraction of sp³-hybridized carbons (Fsp3) is 0.294. The molecule has 2 nitrogen and oxygen atoms in total. The van der Waals surface area contributed by atoms with Crippen molar-refractivity contribution in [2.24, 2.45) is 5.73 Å². The number of benzene rings is 2. The molecule has 0 bridgehead atoms. The lowest BCUT2D eigenvalue weighted by Crippen LogP contribution is -2.12. The second kappa shape index (κ2) is 6.50. The van der Waals surface area contributed by atoms with E-state index in [0.29, 0.717) is 11.9 Å². The molecule has 3 rings (SSSR count). The Hall–Kier alpha value is -1.52. The molecule has 0 heterocycles. The second-order valence-corrected chi connectivity index (χ2v) is 6.35. The van der Waals surface area contributed by atoms with Gasteiger partial charge in [0.2, 0.25) is 0 Å². The van der Waals surface area contributed by atoms with Crippen molar-refractivity contribution in [1.82, 2.24) is 0 Å². The van der Waals surface area contributed by atoms with Crippen LogP contribution in [0, 0.1) is 5.82 Å². The van der Waals surface area contributed by atoms with E-state index in [-0.39, 0.29) is 11.9 Å². The number of hydrogen-bond donors (Lipinski definition) is 1. The molecule has 0 amide bonds. The van der Waals surface area contributed by atoms with Crippen molar-refractivity contribution in [1.29, 1.82) is 0 Å². The van der Waals surface area contributed by atoms with Gasteiger partial charge in [-0.3, -0.25) is 0 Å². The molecule has 2 N–H and O–H groups in total. The minimum atomic E-state index is -0.213. The van der Waals surface area contributed by atoms with Gasteiger partial charge in [0.25, 0.3) is 0 Å². The molecule has 2 aromatic rings. The van der Waals surface area contributed by atoms with Crippen LogP contribution in [0.2, 0.25) is 0 Å². The van der Waals surface area contributed by atoms with Gasteiger partial charge in [0.05, 0.1) is 6.10 Å². The molecule has 1 aliphatic carbocycles. The summed E-state index contributed by atoms with van der Waals surface area (Å²) in [6.45, 7) is 0. The Labute approximate surface area is 128 Å². The van der Waals surface area contributed by atoms with E-state index < -0.39 is 0 Å². The quantitative estimate of drug-likeness (QED) is 0.814. The Balaban J connectivity index is 1.55. The summed E-state index contributed by atoms with van der Waals surface area (Å²) in [5, 5.41) is 0. The fourth-order valence-electron chi connectivity index (χ4n) is 2.01. The molecule has 0 aromatic heterocycles. The van der Waals surface area contributed by atoms with Gasteiger partial charge in [0, 0.05) is 16.7 Å². The molecule has 0 aliphatic heterocycles. The van der Waals surface area contributed by atoms with Crippen molar-refractivity contribution >= 4 is 11.8 Å². The van der Waals surface area contributed by atoms with Crippen molar-refractivity contribution in [3.05, 3.63) is 59.9 Å². The smallest absolute Gasteiger partial charge is 0.124 e. The van der Waals surface area contributed by atoms with Crippen LogP contribution in [0.3, 0.4) is 0 Å². The van der Waals surface area contributed by atoms with Crippen LogP contribution in [0.1, 0.15) is 24.4 Å². The molecule has 21 heavy (non-hydrogen) atoms. The van der Waals surface area contributed by atoms with E-state index in [2.05, 4.69) is 0 Å². The predicted octanol–water partition coefficient (Wildman–Crippen LogP) is 4.16. The van der Waals surface area contributed by atoms with Crippen LogP contribution in [-0.4, -0.2) is 11.9 Å². The zero-order valence-electron chi connectivity index (χ0n) is 11.7. The minimum Gasteiger partial charge on any atom is -0.490 e. The third-order valence-electron chi connectivity index (χ3n) is 3.36. The number of thioether (sulfide) groups is 1. The first-order chi connectivity index (χ1) is 10.2. The Morgan fingerprint density at radius 3 is 2.62 bits per heavy atom. The van der Waals surface area contributed by atoms with E-state index in [4.69, 9.17) is 10.5 Å². The highest BCUT2D eigenvalue weighted by Crippen LogP contribution is 2.28. The average Bonchev–Trinajstić information content (AvgIpc) is 3.30. The van der Waals surface area contributed by atoms with Gasteiger partial charge in [-0.15, -0.1) is 11.8 Å². The first kappa shape index (κ1) is 14.4. The van der Waals surface area contributed by atoms with E-state index in [1.165, 1.54) is 12.1 Å². The average molecular weight is 303 g/mol. The van der Waals surface area contributed by atoms with Crippen molar-refractivity contribution in [3.8, 4) is 5.75 Å². The van der Waals surface area contributed by atoms with E-state index >= 15 is 0 Å². The molecular weight excluding hydrogens is 285 g/mol. The minimum absolute atomic E-state index is 0.0757. The summed E-state index contributed by atoms with van der Waals surface area (Å²) in [6.07, 6.45) is 2.73. The Morgan fingerprint density at radius 1 is 1.19 bits per heavy atom. The molecule has 1 atom stereocenters. The maximum atomic E-state index is 13.1. The number of hydrogen-bond acceptors (Lipinski definition) is 3. The summed E-state index contributed by atoms with van der Waals surface area (Å²) in [4.78, 5) is 0.902. The van der Waals surface area contributed by atoms with Crippen molar-refractivity contribution in [2.75, 3.05) is 5.75 Å². The SMILES string of the molecule is NC(CSc1cccc(F)c1)c1ccc(OC2CC2)cc1. The van der Waals surface area contributed by atoms with Crippen molar-refractivity contribution in [2.45, 2.75) is 29.9 Å². The molecule has 0 radical (unpaired) electrons. The Morgan fingerprint density at radius 2 is 1.95 bits per heavy atom. The molecular formula is C17H18FNOS. The third-order valence-corrected chi connectivity index (χ3v) is 4.47. The molecule has 1 aliphatic rings. The predicted molar refractivity (Wildman–Crippen MR) is 84.1 cm³/mol. The largest absolute Gasteiger partial charge is 0.490 e. The summed E-state index contributed by atoms with van der Waals surface area (Å²) in [6, 6.07) is 14.5. The van der Waals surface area contributed by atoms with Gasteiger partial charge in [-0.2, -0.15) is 0 Å². The lowest BCUT2D eigenvalue weighted by atomic mass is 10.1. The van der Waals surface area contributed by atoms with Crippen molar-refractivity contribution < 1.29 is 9.13 Å². The fourth-order valence-corrected chi connectivity index (χ4v) is 2.95. The van der Waals surface area contributed by atoms with E-state index in [9.17, 15) is 4.39 Å². The van der Waals surface area contributed by atoms with E-state index in [0.717, 1.165) is 29.1 Å². The summed E-state index contributed by atoms with van der Waals surface area (Å²) in [5.41, 5.74) is 7.26. The third kappa shape index (κ3) is 4.22. The van der Waals surface area contributed by atoms with Crippen LogP contribution in [0.4, 0.5) is 4.39 Å². The highest BCUT2D eigenvalue weighted by Gasteiger charge is 2.23. The van der Waals surface area contributed by atoms with Crippen LogP contribution >= 0.6 is 11.8 Å². The second-order valence-electron chi connectivity index (χ2n) is 5.26. The van der Waals surface area contributed by atoms with Gasteiger partial charge < -0.3 is 10.5 Å². The molecule has 2 aromatic carbocycles. The first-order valence-corrected chi connectivity index (χ1v) is 8.10. The monoisotopic (exact) mass is 303 g/mol. The van der Waals surface area contributed by atoms with Crippen molar-refractivity contribution in [3.63, 3.8) is 0 Å². The van der Waals surface area contributed by atoms with Crippen LogP contribution in [0.15, 0.2) is 53.4 Å².